The molecular weight excluding hydrogens is 610 g/mol. The van der Waals surface area contributed by atoms with Crippen LogP contribution in [0.2, 0.25) is 5.02 Å². The molecule has 236 valence electrons. The van der Waals surface area contributed by atoms with Crippen molar-refractivity contribution >= 4 is 39.1 Å². The summed E-state index contributed by atoms with van der Waals surface area (Å²) in [5.41, 5.74) is 1.15. The molecule has 0 unspecified atom stereocenters. The average molecular weight is 648 g/mol. The van der Waals surface area contributed by atoms with E-state index in [1.165, 1.54) is 30.2 Å². The van der Waals surface area contributed by atoms with Gasteiger partial charge in [0.05, 0.1) is 17.7 Å². The number of ether oxygens (including phenoxy) is 1. The number of nitrogens with one attached hydrogen (secondary N) is 1. The van der Waals surface area contributed by atoms with Gasteiger partial charge in [0.15, 0.2) is 0 Å². The third kappa shape index (κ3) is 8.86. The van der Waals surface area contributed by atoms with E-state index in [1.54, 1.807) is 30.3 Å². The Morgan fingerprint density at radius 3 is 1.96 bits per heavy atom. The lowest BCUT2D eigenvalue weighted by Crippen LogP contribution is -2.56. The van der Waals surface area contributed by atoms with Crippen molar-refractivity contribution in [2.75, 3.05) is 18.0 Å². The third-order valence-electron chi connectivity index (χ3n) is 6.98. The molecule has 0 aliphatic heterocycles. The first-order valence-corrected chi connectivity index (χ1v) is 16.3. The molecule has 1 atom stereocenters. The fourth-order valence-corrected chi connectivity index (χ4v) is 6.48. The summed E-state index contributed by atoms with van der Waals surface area (Å²) in [7, 11) is -2.88. The van der Waals surface area contributed by atoms with E-state index >= 15 is 0 Å². The number of hydrogen-bond donors (Lipinski definition) is 1. The van der Waals surface area contributed by atoms with Gasteiger partial charge in [0.2, 0.25) is 11.8 Å². The topological polar surface area (TPSA) is 96.0 Å². The van der Waals surface area contributed by atoms with Gasteiger partial charge in [-0.15, -0.1) is 0 Å². The molecule has 1 N–H and O–H groups in total. The van der Waals surface area contributed by atoms with Gasteiger partial charge < -0.3 is 15.0 Å². The maximum Gasteiger partial charge on any atom is 0.264 e. The Labute approximate surface area is 270 Å². The first kappa shape index (κ1) is 33.6. The predicted molar refractivity (Wildman–Crippen MR) is 178 cm³/mol. The number of methoxy groups -OCH3 is 1. The Bertz CT molecular complexity index is 1700. The van der Waals surface area contributed by atoms with Crippen LogP contribution < -0.4 is 14.4 Å². The standard InChI is InChI=1S/C35H38ClN3O5S/c1-35(2,3)37-34(41)31(22-26-14-8-5-9-15-26)38(24-27-16-10-6-11-17-27)33(40)25-39(30-23-28(36)20-21-32(30)44-4)45(42,43)29-18-12-7-13-19-29/h5-21,23,31H,22,24-25H2,1-4H3,(H,37,41)/t31-/m1/s1. The summed E-state index contributed by atoms with van der Waals surface area (Å²) in [6, 6.07) is 30.2. The van der Waals surface area contributed by atoms with E-state index in [1.807, 2.05) is 81.4 Å². The number of carbonyl (C=O) groups is 2. The predicted octanol–water partition coefficient (Wildman–Crippen LogP) is 6.10. The molecule has 0 aromatic heterocycles. The Kier molecular flexibility index (Phi) is 10.9. The minimum absolute atomic E-state index is 0.0132. The van der Waals surface area contributed by atoms with E-state index in [2.05, 4.69) is 5.32 Å². The second kappa shape index (κ2) is 14.6. The van der Waals surface area contributed by atoms with Gasteiger partial charge in [-0.3, -0.25) is 13.9 Å². The van der Waals surface area contributed by atoms with Crippen LogP contribution in [0.5, 0.6) is 5.75 Å². The third-order valence-corrected chi connectivity index (χ3v) is 8.99. The lowest BCUT2D eigenvalue weighted by atomic mass is 10.0. The number of carbonyl (C=O) groups excluding carboxylic acids is 2. The van der Waals surface area contributed by atoms with Crippen LogP contribution in [-0.4, -0.2) is 50.4 Å². The molecule has 2 amide bonds. The van der Waals surface area contributed by atoms with Crippen LogP contribution in [0.1, 0.15) is 31.9 Å². The molecule has 0 fully saturated rings. The Hall–Kier alpha value is -4.34. The molecular formula is C35H38ClN3O5S. The maximum atomic E-state index is 14.6. The molecule has 0 radical (unpaired) electrons. The summed E-state index contributed by atoms with van der Waals surface area (Å²) < 4.78 is 34.9. The fourth-order valence-electron chi connectivity index (χ4n) is 4.88. The van der Waals surface area contributed by atoms with Crippen LogP contribution in [0.4, 0.5) is 5.69 Å². The zero-order valence-corrected chi connectivity index (χ0v) is 27.4. The van der Waals surface area contributed by atoms with E-state index in [-0.39, 0.29) is 40.2 Å². The SMILES string of the molecule is COc1ccc(Cl)cc1N(CC(=O)N(Cc1ccccc1)[C@H](Cc1ccccc1)C(=O)NC(C)(C)C)S(=O)(=O)c1ccccc1. The molecule has 0 saturated carbocycles. The van der Waals surface area contributed by atoms with Gasteiger partial charge in [-0.05, 0) is 62.2 Å². The molecule has 0 aliphatic carbocycles. The van der Waals surface area contributed by atoms with Crippen LogP contribution in [0, 0.1) is 0 Å². The molecule has 45 heavy (non-hydrogen) atoms. The second-order valence-electron chi connectivity index (χ2n) is 11.6. The molecule has 4 aromatic carbocycles. The maximum absolute atomic E-state index is 14.6. The van der Waals surface area contributed by atoms with Crippen LogP contribution in [0.3, 0.4) is 0 Å². The van der Waals surface area contributed by atoms with Gasteiger partial charge in [0.1, 0.15) is 18.3 Å². The number of sulfonamides is 1. The molecule has 0 saturated heterocycles. The normalized spacial score (nSPS) is 12.2. The van der Waals surface area contributed by atoms with Crippen LogP contribution in [0.25, 0.3) is 0 Å². The molecule has 0 spiro atoms. The van der Waals surface area contributed by atoms with Crippen LogP contribution in [0.15, 0.2) is 114 Å². The quantitative estimate of drug-likeness (QED) is 0.201. The molecule has 0 heterocycles. The van der Waals surface area contributed by atoms with Crippen LogP contribution >= 0.6 is 11.6 Å². The minimum Gasteiger partial charge on any atom is -0.495 e. The van der Waals surface area contributed by atoms with Gasteiger partial charge in [-0.2, -0.15) is 0 Å². The van der Waals surface area contributed by atoms with E-state index in [4.69, 9.17) is 16.3 Å². The van der Waals surface area contributed by atoms with E-state index in [9.17, 15) is 18.0 Å². The highest BCUT2D eigenvalue weighted by atomic mass is 35.5. The molecule has 4 rings (SSSR count). The van der Waals surface area contributed by atoms with Gasteiger partial charge >= 0.3 is 0 Å². The van der Waals surface area contributed by atoms with Gasteiger partial charge in [-0.25, -0.2) is 8.42 Å². The number of amides is 2. The molecule has 10 heteroatoms. The van der Waals surface area contributed by atoms with Crippen LogP contribution in [-0.2, 0) is 32.6 Å². The second-order valence-corrected chi connectivity index (χ2v) is 13.9. The monoisotopic (exact) mass is 647 g/mol. The highest BCUT2D eigenvalue weighted by Gasteiger charge is 2.36. The summed E-state index contributed by atoms with van der Waals surface area (Å²) in [6.45, 7) is 5.06. The van der Waals surface area contributed by atoms with Crippen molar-refractivity contribution in [3.63, 3.8) is 0 Å². The lowest BCUT2D eigenvalue weighted by molar-refractivity contribution is -0.140. The Balaban J connectivity index is 1.85. The zero-order chi connectivity index (χ0) is 32.6. The number of hydrogen-bond acceptors (Lipinski definition) is 5. The molecule has 0 aliphatic rings. The van der Waals surface area contributed by atoms with Crippen molar-refractivity contribution < 1.29 is 22.7 Å². The first-order valence-electron chi connectivity index (χ1n) is 14.5. The van der Waals surface area contributed by atoms with E-state index in [0.29, 0.717) is 0 Å². The highest BCUT2D eigenvalue weighted by Crippen LogP contribution is 2.35. The van der Waals surface area contributed by atoms with Crippen molar-refractivity contribution in [2.24, 2.45) is 0 Å². The molecule has 0 bridgehead atoms. The first-order chi connectivity index (χ1) is 21.4. The average Bonchev–Trinajstić information content (AvgIpc) is 3.02. The summed E-state index contributed by atoms with van der Waals surface area (Å²) in [5.74, 6) is -0.716. The van der Waals surface area contributed by atoms with Crippen molar-refractivity contribution in [3.05, 3.63) is 125 Å². The van der Waals surface area contributed by atoms with E-state index in [0.717, 1.165) is 15.4 Å². The lowest BCUT2D eigenvalue weighted by Gasteiger charge is -2.35. The van der Waals surface area contributed by atoms with Gasteiger partial charge in [0.25, 0.3) is 10.0 Å². The summed E-state index contributed by atoms with van der Waals surface area (Å²) in [6.07, 6.45) is 0.216. The van der Waals surface area contributed by atoms with Crippen molar-refractivity contribution in [3.8, 4) is 5.75 Å². The van der Waals surface area contributed by atoms with Crippen molar-refractivity contribution in [1.29, 1.82) is 0 Å². The largest absolute Gasteiger partial charge is 0.495 e. The minimum atomic E-state index is -4.29. The van der Waals surface area contributed by atoms with Gasteiger partial charge in [0, 0.05) is 23.5 Å². The Morgan fingerprint density at radius 1 is 0.844 bits per heavy atom. The molecule has 8 nitrogen and oxygen atoms in total. The summed E-state index contributed by atoms with van der Waals surface area (Å²) in [5, 5.41) is 3.29. The number of benzene rings is 4. The summed E-state index contributed by atoms with van der Waals surface area (Å²) in [4.78, 5) is 29.9. The van der Waals surface area contributed by atoms with Crippen molar-refractivity contribution in [2.45, 2.75) is 50.2 Å². The Morgan fingerprint density at radius 2 is 1.40 bits per heavy atom. The van der Waals surface area contributed by atoms with Crippen molar-refractivity contribution in [1.82, 2.24) is 10.2 Å². The number of halogens is 1. The summed E-state index contributed by atoms with van der Waals surface area (Å²) >= 11 is 6.34. The highest BCUT2D eigenvalue weighted by molar-refractivity contribution is 7.92. The molecule has 4 aromatic rings. The van der Waals surface area contributed by atoms with E-state index < -0.39 is 34.1 Å². The zero-order valence-electron chi connectivity index (χ0n) is 25.8. The number of rotatable bonds is 12. The smallest absolute Gasteiger partial charge is 0.264 e. The number of anilines is 1. The number of nitrogens with zero attached hydrogens (tertiary/aromatic N) is 2. The van der Waals surface area contributed by atoms with Gasteiger partial charge in [-0.1, -0.05) is 90.5 Å². The fraction of sp³-hybridized carbons (Fsp3) is 0.257.